The summed E-state index contributed by atoms with van der Waals surface area (Å²) in [6, 6.07) is 7.78. The standard InChI is InChI=1S/C15H16N6O3S/c1-11-3-5-13(6-4-11)24-9-14-17-18-15(19(14)2)25-10-20-8-12(7-16-20)21(22)23/h3-8H,9-10H2,1-2H3. The second-order valence-corrected chi connectivity index (χ2v) is 6.24. The van der Waals surface area contributed by atoms with E-state index in [9.17, 15) is 10.1 Å². The fourth-order valence-electron chi connectivity index (χ4n) is 2.02. The summed E-state index contributed by atoms with van der Waals surface area (Å²) in [5.74, 6) is 1.86. The summed E-state index contributed by atoms with van der Waals surface area (Å²) >= 11 is 1.38. The van der Waals surface area contributed by atoms with E-state index in [1.54, 1.807) is 0 Å². The van der Waals surface area contributed by atoms with E-state index < -0.39 is 4.92 Å². The maximum Gasteiger partial charge on any atom is 0.307 e. The molecule has 9 nitrogen and oxygen atoms in total. The zero-order valence-corrected chi connectivity index (χ0v) is 14.5. The van der Waals surface area contributed by atoms with Crippen molar-refractivity contribution in [2.75, 3.05) is 0 Å². The Bertz CT molecular complexity index is 874. The zero-order chi connectivity index (χ0) is 17.8. The summed E-state index contributed by atoms with van der Waals surface area (Å²) in [4.78, 5) is 10.2. The molecule has 0 unspecified atom stereocenters. The minimum Gasteiger partial charge on any atom is -0.486 e. The van der Waals surface area contributed by atoms with Gasteiger partial charge in [0.2, 0.25) is 0 Å². The van der Waals surface area contributed by atoms with Crippen molar-refractivity contribution >= 4 is 17.4 Å². The summed E-state index contributed by atoms with van der Waals surface area (Å²) < 4.78 is 9.02. The first-order valence-electron chi connectivity index (χ1n) is 7.40. The van der Waals surface area contributed by atoms with Crippen LogP contribution in [0.25, 0.3) is 0 Å². The van der Waals surface area contributed by atoms with Crippen molar-refractivity contribution < 1.29 is 9.66 Å². The zero-order valence-electron chi connectivity index (χ0n) is 13.7. The summed E-state index contributed by atoms with van der Waals surface area (Å²) in [6.07, 6.45) is 2.60. The largest absolute Gasteiger partial charge is 0.486 e. The van der Waals surface area contributed by atoms with Crippen molar-refractivity contribution in [3.8, 4) is 5.75 Å². The van der Waals surface area contributed by atoms with Crippen LogP contribution in [-0.4, -0.2) is 29.5 Å². The summed E-state index contributed by atoms with van der Waals surface area (Å²) in [6.45, 7) is 2.32. The third-order valence-corrected chi connectivity index (χ3v) is 4.48. The smallest absolute Gasteiger partial charge is 0.307 e. The van der Waals surface area contributed by atoms with Crippen LogP contribution >= 0.6 is 11.8 Å². The van der Waals surface area contributed by atoms with Gasteiger partial charge in [0, 0.05) is 7.05 Å². The third kappa shape index (κ3) is 4.15. The molecule has 25 heavy (non-hydrogen) atoms. The maximum absolute atomic E-state index is 10.7. The molecule has 0 saturated heterocycles. The Hall–Kier alpha value is -2.88. The molecule has 0 amide bonds. The number of hydrogen-bond acceptors (Lipinski definition) is 7. The van der Waals surface area contributed by atoms with Gasteiger partial charge in [-0.15, -0.1) is 10.2 Å². The van der Waals surface area contributed by atoms with Gasteiger partial charge >= 0.3 is 5.69 Å². The highest BCUT2D eigenvalue weighted by Gasteiger charge is 2.12. The van der Waals surface area contributed by atoms with Gasteiger partial charge in [-0.05, 0) is 19.1 Å². The maximum atomic E-state index is 10.7. The third-order valence-electron chi connectivity index (χ3n) is 3.47. The molecule has 3 rings (SSSR count). The average Bonchev–Trinajstić information content (AvgIpc) is 3.20. The highest BCUT2D eigenvalue weighted by molar-refractivity contribution is 7.98. The van der Waals surface area contributed by atoms with Crippen molar-refractivity contribution in [3.05, 3.63) is 58.2 Å². The van der Waals surface area contributed by atoms with Gasteiger partial charge in [0.15, 0.2) is 11.0 Å². The quantitative estimate of drug-likeness (QED) is 0.362. The number of ether oxygens (including phenoxy) is 1. The average molecular weight is 360 g/mol. The van der Waals surface area contributed by atoms with Crippen LogP contribution in [0.1, 0.15) is 11.4 Å². The van der Waals surface area contributed by atoms with Crippen molar-refractivity contribution in [2.45, 2.75) is 24.6 Å². The second-order valence-electron chi connectivity index (χ2n) is 5.33. The number of nitro groups is 1. The molecule has 10 heteroatoms. The Morgan fingerprint density at radius 2 is 2.04 bits per heavy atom. The molecule has 0 fully saturated rings. The molecule has 3 aromatic rings. The van der Waals surface area contributed by atoms with E-state index in [1.807, 2.05) is 42.8 Å². The predicted molar refractivity (Wildman–Crippen MR) is 91.3 cm³/mol. The summed E-state index contributed by atoms with van der Waals surface area (Å²) in [5.41, 5.74) is 1.13. The van der Waals surface area contributed by atoms with E-state index in [2.05, 4.69) is 15.3 Å². The Morgan fingerprint density at radius 1 is 1.28 bits per heavy atom. The number of benzene rings is 1. The molecule has 0 saturated carbocycles. The van der Waals surface area contributed by atoms with Crippen LogP contribution in [0.5, 0.6) is 5.75 Å². The highest BCUT2D eigenvalue weighted by atomic mass is 32.2. The fraction of sp³-hybridized carbons (Fsp3) is 0.267. The van der Waals surface area contributed by atoms with E-state index in [0.29, 0.717) is 23.5 Å². The van der Waals surface area contributed by atoms with Crippen LogP contribution in [0.15, 0.2) is 41.8 Å². The lowest BCUT2D eigenvalue weighted by atomic mass is 10.2. The van der Waals surface area contributed by atoms with Gasteiger partial charge in [-0.2, -0.15) is 5.10 Å². The topological polar surface area (TPSA) is 101 Å². The molecule has 0 spiro atoms. The SMILES string of the molecule is Cc1ccc(OCc2nnc(SCn3cc([N+](=O)[O-])cn3)n2C)cc1. The number of thioether (sulfide) groups is 1. The van der Waals surface area contributed by atoms with Gasteiger partial charge in [-0.3, -0.25) is 14.8 Å². The lowest BCUT2D eigenvalue weighted by Gasteiger charge is -2.07. The van der Waals surface area contributed by atoms with Gasteiger partial charge in [-0.1, -0.05) is 29.5 Å². The van der Waals surface area contributed by atoms with Gasteiger partial charge < -0.3 is 9.30 Å². The van der Waals surface area contributed by atoms with Crippen LogP contribution in [0.3, 0.4) is 0 Å². The molecule has 1 aromatic carbocycles. The van der Waals surface area contributed by atoms with Crippen molar-refractivity contribution in [2.24, 2.45) is 7.05 Å². The number of nitrogens with zero attached hydrogens (tertiary/aromatic N) is 6. The second kappa shape index (κ2) is 7.34. The molecular formula is C15H16N6O3S. The van der Waals surface area contributed by atoms with E-state index in [0.717, 1.165) is 5.75 Å². The van der Waals surface area contributed by atoms with Crippen LogP contribution in [0, 0.1) is 17.0 Å². The molecular weight excluding hydrogens is 344 g/mol. The Balaban J connectivity index is 1.58. The van der Waals surface area contributed by atoms with Gasteiger partial charge in [-0.25, -0.2) is 0 Å². The number of rotatable bonds is 7. The van der Waals surface area contributed by atoms with Crippen molar-refractivity contribution in [1.82, 2.24) is 24.5 Å². The molecule has 0 radical (unpaired) electrons. The Morgan fingerprint density at radius 3 is 2.72 bits per heavy atom. The Labute approximate surface area is 147 Å². The lowest BCUT2D eigenvalue weighted by molar-refractivity contribution is -0.385. The van der Waals surface area contributed by atoms with E-state index in [1.165, 1.54) is 34.4 Å². The normalized spacial score (nSPS) is 10.8. The molecule has 0 atom stereocenters. The van der Waals surface area contributed by atoms with Gasteiger partial charge in [0.25, 0.3) is 0 Å². The number of aromatic nitrogens is 5. The minimum absolute atomic E-state index is 0.0363. The molecule has 130 valence electrons. The number of hydrogen-bond donors (Lipinski definition) is 0. The van der Waals surface area contributed by atoms with Crippen LogP contribution in [-0.2, 0) is 19.5 Å². The van der Waals surface area contributed by atoms with Crippen LogP contribution < -0.4 is 4.74 Å². The molecule has 2 aromatic heterocycles. The monoisotopic (exact) mass is 360 g/mol. The van der Waals surface area contributed by atoms with Crippen molar-refractivity contribution in [1.29, 1.82) is 0 Å². The molecule has 0 bridgehead atoms. The Kier molecular flexibility index (Phi) is 4.98. The molecule has 0 aliphatic heterocycles. The first-order chi connectivity index (χ1) is 12.0. The highest BCUT2D eigenvalue weighted by Crippen LogP contribution is 2.20. The van der Waals surface area contributed by atoms with Gasteiger partial charge in [0.05, 0.1) is 10.8 Å². The first-order valence-corrected chi connectivity index (χ1v) is 8.39. The van der Waals surface area contributed by atoms with E-state index in [4.69, 9.17) is 4.74 Å². The summed E-state index contributed by atoms with van der Waals surface area (Å²) in [7, 11) is 1.85. The lowest BCUT2D eigenvalue weighted by Crippen LogP contribution is -2.04. The van der Waals surface area contributed by atoms with Gasteiger partial charge in [0.1, 0.15) is 24.8 Å². The molecule has 2 heterocycles. The molecule has 0 N–H and O–H groups in total. The van der Waals surface area contributed by atoms with Crippen LogP contribution in [0.4, 0.5) is 5.69 Å². The predicted octanol–water partition coefficient (Wildman–Crippen LogP) is 2.56. The first kappa shape index (κ1) is 17.0. The van der Waals surface area contributed by atoms with Crippen molar-refractivity contribution in [3.63, 3.8) is 0 Å². The fourth-order valence-corrected chi connectivity index (χ4v) is 2.81. The van der Waals surface area contributed by atoms with E-state index >= 15 is 0 Å². The van der Waals surface area contributed by atoms with E-state index in [-0.39, 0.29) is 5.69 Å². The van der Waals surface area contributed by atoms with Crippen LogP contribution in [0.2, 0.25) is 0 Å². The number of aryl methyl sites for hydroxylation is 1. The summed E-state index contributed by atoms with van der Waals surface area (Å²) in [5, 5.41) is 23.5. The molecule has 0 aliphatic rings. The molecule has 0 aliphatic carbocycles. The minimum atomic E-state index is -0.475.